The summed E-state index contributed by atoms with van der Waals surface area (Å²) in [5.74, 6) is 0.932. The SMILES string of the molecule is CCc1ccccc1C(CC1CCCCC1)NC. The molecule has 1 aromatic carbocycles. The van der Waals surface area contributed by atoms with Crippen LogP contribution >= 0.6 is 0 Å². The largest absolute Gasteiger partial charge is 0.313 e. The van der Waals surface area contributed by atoms with Gasteiger partial charge in [0.1, 0.15) is 0 Å². The van der Waals surface area contributed by atoms with Gasteiger partial charge in [0.15, 0.2) is 0 Å². The summed E-state index contributed by atoms with van der Waals surface area (Å²) in [5.41, 5.74) is 3.03. The molecule has 0 aromatic heterocycles. The Labute approximate surface area is 112 Å². The first-order chi connectivity index (χ1) is 8.85. The van der Waals surface area contributed by atoms with Gasteiger partial charge in [0.25, 0.3) is 0 Å². The Balaban J connectivity index is 2.07. The van der Waals surface area contributed by atoms with E-state index in [-0.39, 0.29) is 0 Å². The lowest BCUT2D eigenvalue weighted by Gasteiger charge is -2.27. The molecular formula is C17H27N. The zero-order valence-electron chi connectivity index (χ0n) is 11.9. The van der Waals surface area contributed by atoms with Gasteiger partial charge in [-0.3, -0.25) is 0 Å². The van der Waals surface area contributed by atoms with E-state index < -0.39 is 0 Å². The van der Waals surface area contributed by atoms with Gasteiger partial charge in [0, 0.05) is 6.04 Å². The van der Waals surface area contributed by atoms with E-state index in [0.29, 0.717) is 6.04 Å². The van der Waals surface area contributed by atoms with Crippen LogP contribution in [0.25, 0.3) is 0 Å². The van der Waals surface area contributed by atoms with Crippen LogP contribution in [0.2, 0.25) is 0 Å². The van der Waals surface area contributed by atoms with Crippen LogP contribution in [0.5, 0.6) is 0 Å². The van der Waals surface area contributed by atoms with Crippen molar-refractivity contribution in [3.63, 3.8) is 0 Å². The van der Waals surface area contributed by atoms with Gasteiger partial charge >= 0.3 is 0 Å². The van der Waals surface area contributed by atoms with E-state index in [1.807, 2.05) is 0 Å². The lowest BCUT2D eigenvalue weighted by Crippen LogP contribution is -2.22. The summed E-state index contributed by atoms with van der Waals surface area (Å²) < 4.78 is 0. The number of nitrogens with one attached hydrogen (secondary N) is 1. The van der Waals surface area contributed by atoms with Crippen LogP contribution in [0.4, 0.5) is 0 Å². The Morgan fingerprint density at radius 1 is 1.17 bits per heavy atom. The predicted molar refractivity (Wildman–Crippen MR) is 78.8 cm³/mol. The second kappa shape index (κ2) is 6.94. The molecule has 0 spiro atoms. The van der Waals surface area contributed by atoms with Gasteiger partial charge in [-0.25, -0.2) is 0 Å². The van der Waals surface area contributed by atoms with E-state index in [4.69, 9.17) is 0 Å². The molecule has 1 aromatic rings. The van der Waals surface area contributed by atoms with Crippen molar-refractivity contribution in [2.24, 2.45) is 5.92 Å². The summed E-state index contributed by atoms with van der Waals surface area (Å²) in [5, 5.41) is 3.54. The molecule has 1 unspecified atom stereocenters. The molecule has 0 radical (unpaired) electrons. The van der Waals surface area contributed by atoms with Gasteiger partial charge < -0.3 is 5.32 Å². The first-order valence-corrected chi connectivity index (χ1v) is 7.60. The number of hydrogen-bond acceptors (Lipinski definition) is 1. The van der Waals surface area contributed by atoms with Crippen LogP contribution in [0.15, 0.2) is 24.3 Å². The summed E-state index contributed by atoms with van der Waals surface area (Å²) in [6.07, 6.45) is 9.66. The predicted octanol–water partition coefficient (Wildman–Crippen LogP) is 4.48. The lowest BCUT2D eigenvalue weighted by atomic mass is 9.82. The minimum Gasteiger partial charge on any atom is -0.313 e. The van der Waals surface area contributed by atoms with Crippen molar-refractivity contribution in [2.45, 2.75) is 57.9 Å². The zero-order chi connectivity index (χ0) is 12.8. The van der Waals surface area contributed by atoms with Gasteiger partial charge in [0.05, 0.1) is 0 Å². The third-order valence-corrected chi connectivity index (χ3v) is 4.45. The highest BCUT2D eigenvalue weighted by Gasteiger charge is 2.20. The number of hydrogen-bond donors (Lipinski definition) is 1. The highest BCUT2D eigenvalue weighted by atomic mass is 14.9. The average molecular weight is 245 g/mol. The fourth-order valence-corrected chi connectivity index (χ4v) is 3.35. The highest BCUT2D eigenvalue weighted by molar-refractivity contribution is 5.30. The first kappa shape index (κ1) is 13.6. The smallest absolute Gasteiger partial charge is 0.0322 e. The van der Waals surface area contributed by atoms with Crippen molar-refractivity contribution in [1.82, 2.24) is 5.32 Å². The molecule has 1 nitrogen and oxygen atoms in total. The van der Waals surface area contributed by atoms with Crippen LogP contribution in [0.3, 0.4) is 0 Å². The van der Waals surface area contributed by atoms with Crippen LogP contribution < -0.4 is 5.32 Å². The molecule has 1 heteroatoms. The third kappa shape index (κ3) is 3.35. The summed E-state index contributed by atoms with van der Waals surface area (Å²) in [6.45, 7) is 2.26. The second-order valence-electron chi connectivity index (χ2n) is 5.63. The third-order valence-electron chi connectivity index (χ3n) is 4.45. The number of rotatable bonds is 5. The van der Waals surface area contributed by atoms with E-state index in [9.17, 15) is 0 Å². The Bertz CT molecular complexity index is 352. The van der Waals surface area contributed by atoms with Crippen LogP contribution in [0.1, 0.15) is 62.6 Å². The molecule has 0 bridgehead atoms. The van der Waals surface area contributed by atoms with Crippen molar-refractivity contribution < 1.29 is 0 Å². The Morgan fingerprint density at radius 2 is 1.89 bits per heavy atom. The molecule has 1 fully saturated rings. The summed E-state index contributed by atoms with van der Waals surface area (Å²) in [6, 6.07) is 9.47. The molecule has 1 N–H and O–H groups in total. The summed E-state index contributed by atoms with van der Waals surface area (Å²) in [4.78, 5) is 0. The molecule has 18 heavy (non-hydrogen) atoms. The van der Waals surface area contributed by atoms with E-state index in [0.717, 1.165) is 12.3 Å². The molecular weight excluding hydrogens is 218 g/mol. The first-order valence-electron chi connectivity index (χ1n) is 7.60. The minimum atomic E-state index is 0.546. The highest BCUT2D eigenvalue weighted by Crippen LogP contribution is 2.32. The monoisotopic (exact) mass is 245 g/mol. The van der Waals surface area contributed by atoms with E-state index in [1.165, 1.54) is 49.7 Å². The normalized spacial score (nSPS) is 18.8. The standard InChI is InChI=1S/C17H27N/c1-3-15-11-7-8-12-16(15)17(18-2)13-14-9-5-4-6-10-14/h7-8,11-12,14,17-18H,3-6,9-10,13H2,1-2H3. The average Bonchev–Trinajstić information content (AvgIpc) is 2.46. The van der Waals surface area contributed by atoms with Crippen molar-refractivity contribution in [1.29, 1.82) is 0 Å². The van der Waals surface area contributed by atoms with Crippen LogP contribution in [0, 0.1) is 5.92 Å². The van der Waals surface area contributed by atoms with Gasteiger partial charge in [-0.2, -0.15) is 0 Å². The lowest BCUT2D eigenvalue weighted by molar-refractivity contribution is 0.305. The Morgan fingerprint density at radius 3 is 2.56 bits per heavy atom. The maximum Gasteiger partial charge on any atom is 0.0322 e. The molecule has 1 aliphatic carbocycles. The molecule has 0 heterocycles. The quantitative estimate of drug-likeness (QED) is 0.806. The number of benzene rings is 1. The maximum absolute atomic E-state index is 3.54. The summed E-state index contributed by atoms with van der Waals surface area (Å²) >= 11 is 0. The second-order valence-corrected chi connectivity index (χ2v) is 5.63. The number of aryl methyl sites for hydroxylation is 1. The van der Waals surface area contributed by atoms with Crippen molar-refractivity contribution >= 4 is 0 Å². The molecule has 1 aliphatic rings. The van der Waals surface area contributed by atoms with Crippen molar-refractivity contribution in [3.8, 4) is 0 Å². The van der Waals surface area contributed by atoms with E-state index in [2.05, 4.69) is 43.6 Å². The fourth-order valence-electron chi connectivity index (χ4n) is 3.35. The van der Waals surface area contributed by atoms with E-state index >= 15 is 0 Å². The van der Waals surface area contributed by atoms with Crippen molar-refractivity contribution in [3.05, 3.63) is 35.4 Å². The van der Waals surface area contributed by atoms with Crippen LogP contribution in [-0.2, 0) is 6.42 Å². The Hall–Kier alpha value is -0.820. The molecule has 0 saturated heterocycles. The zero-order valence-corrected chi connectivity index (χ0v) is 11.9. The molecule has 1 saturated carbocycles. The molecule has 100 valence electrons. The van der Waals surface area contributed by atoms with Crippen LogP contribution in [-0.4, -0.2) is 7.05 Å². The minimum absolute atomic E-state index is 0.546. The summed E-state index contributed by atoms with van der Waals surface area (Å²) in [7, 11) is 2.11. The van der Waals surface area contributed by atoms with Gasteiger partial charge in [-0.05, 0) is 36.9 Å². The molecule has 0 amide bonds. The molecule has 1 atom stereocenters. The van der Waals surface area contributed by atoms with Crippen molar-refractivity contribution in [2.75, 3.05) is 7.05 Å². The van der Waals surface area contributed by atoms with Gasteiger partial charge in [-0.1, -0.05) is 63.3 Å². The molecule has 0 aliphatic heterocycles. The maximum atomic E-state index is 3.54. The fraction of sp³-hybridized carbons (Fsp3) is 0.647. The topological polar surface area (TPSA) is 12.0 Å². The van der Waals surface area contributed by atoms with Gasteiger partial charge in [0.2, 0.25) is 0 Å². The van der Waals surface area contributed by atoms with E-state index in [1.54, 1.807) is 0 Å². The molecule has 2 rings (SSSR count). The van der Waals surface area contributed by atoms with Gasteiger partial charge in [-0.15, -0.1) is 0 Å². The Kier molecular flexibility index (Phi) is 5.25.